The molecular formula is C25H24N2O5S. The number of imide groups is 1. The number of aryl methyl sites for hydroxylation is 3. The van der Waals surface area contributed by atoms with E-state index in [1.165, 1.54) is 7.11 Å². The van der Waals surface area contributed by atoms with Gasteiger partial charge in [0, 0.05) is 5.69 Å². The van der Waals surface area contributed by atoms with E-state index in [1.807, 2.05) is 32.9 Å². The minimum Gasteiger partial charge on any atom is -0.493 e. The summed E-state index contributed by atoms with van der Waals surface area (Å²) < 4.78 is 10.7. The van der Waals surface area contributed by atoms with E-state index in [2.05, 4.69) is 11.2 Å². The second kappa shape index (κ2) is 10.3. The maximum Gasteiger partial charge on any atom is 0.294 e. The highest BCUT2D eigenvalue weighted by Crippen LogP contribution is 2.34. The molecule has 8 heteroatoms. The van der Waals surface area contributed by atoms with Gasteiger partial charge in [-0.05, 0) is 67.4 Å². The maximum atomic E-state index is 12.8. The lowest BCUT2D eigenvalue weighted by Crippen LogP contribution is -2.36. The number of ether oxygens (including phenoxy) is 2. The summed E-state index contributed by atoms with van der Waals surface area (Å²) in [7, 11) is 1.49. The number of nitrogens with one attached hydrogen (secondary N) is 1. The molecule has 0 spiro atoms. The van der Waals surface area contributed by atoms with Crippen molar-refractivity contribution in [3.8, 4) is 23.8 Å². The second-order valence-electron chi connectivity index (χ2n) is 7.49. The molecule has 0 aromatic heterocycles. The van der Waals surface area contributed by atoms with Gasteiger partial charge in [0.2, 0.25) is 5.91 Å². The van der Waals surface area contributed by atoms with Gasteiger partial charge in [0.1, 0.15) is 13.2 Å². The molecule has 33 heavy (non-hydrogen) atoms. The Bertz CT molecular complexity index is 1170. The molecule has 0 unspecified atom stereocenters. The first kappa shape index (κ1) is 24.0. The van der Waals surface area contributed by atoms with Gasteiger partial charge in [0.25, 0.3) is 11.1 Å². The van der Waals surface area contributed by atoms with Crippen LogP contribution in [0.1, 0.15) is 22.3 Å². The monoisotopic (exact) mass is 464 g/mol. The van der Waals surface area contributed by atoms with Crippen molar-refractivity contribution in [2.75, 3.05) is 25.6 Å². The second-order valence-corrected chi connectivity index (χ2v) is 8.49. The third kappa shape index (κ3) is 5.57. The molecule has 1 aliphatic rings. The van der Waals surface area contributed by atoms with E-state index in [9.17, 15) is 14.4 Å². The summed E-state index contributed by atoms with van der Waals surface area (Å²) in [6.45, 7) is 5.51. The predicted molar refractivity (Wildman–Crippen MR) is 129 cm³/mol. The highest BCUT2D eigenvalue weighted by molar-refractivity contribution is 8.18. The molecule has 3 rings (SSSR count). The first-order chi connectivity index (χ1) is 15.7. The number of thioether (sulfide) groups is 1. The summed E-state index contributed by atoms with van der Waals surface area (Å²) in [5.74, 6) is 2.34. The topological polar surface area (TPSA) is 84.9 Å². The third-order valence-corrected chi connectivity index (χ3v) is 5.82. The molecule has 0 radical (unpaired) electrons. The van der Waals surface area contributed by atoms with Crippen LogP contribution in [0.2, 0.25) is 0 Å². The predicted octanol–water partition coefficient (Wildman–Crippen LogP) is 4.31. The zero-order valence-electron chi connectivity index (χ0n) is 18.9. The van der Waals surface area contributed by atoms with Gasteiger partial charge in [-0.3, -0.25) is 19.3 Å². The van der Waals surface area contributed by atoms with Gasteiger partial charge in [-0.1, -0.05) is 29.7 Å². The number of carbonyl (C=O) groups is 3. The average molecular weight is 465 g/mol. The minimum absolute atomic E-state index is 0.0955. The first-order valence-electron chi connectivity index (χ1n) is 10.1. The highest BCUT2D eigenvalue weighted by Gasteiger charge is 2.36. The molecule has 7 nitrogen and oxygen atoms in total. The van der Waals surface area contributed by atoms with Crippen molar-refractivity contribution < 1.29 is 23.9 Å². The van der Waals surface area contributed by atoms with E-state index in [1.54, 1.807) is 24.3 Å². The van der Waals surface area contributed by atoms with E-state index >= 15 is 0 Å². The zero-order chi connectivity index (χ0) is 24.1. The summed E-state index contributed by atoms with van der Waals surface area (Å²) in [5.41, 5.74) is 4.25. The number of benzene rings is 2. The number of nitrogens with zero attached hydrogens (tertiary/aromatic N) is 1. The van der Waals surface area contributed by atoms with E-state index in [4.69, 9.17) is 15.9 Å². The minimum atomic E-state index is -0.524. The lowest BCUT2D eigenvalue weighted by Gasteiger charge is -2.16. The van der Waals surface area contributed by atoms with Crippen LogP contribution >= 0.6 is 11.8 Å². The molecule has 0 aliphatic carbocycles. The number of amides is 3. The smallest absolute Gasteiger partial charge is 0.294 e. The van der Waals surface area contributed by atoms with Gasteiger partial charge in [-0.15, -0.1) is 6.42 Å². The summed E-state index contributed by atoms with van der Waals surface area (Å²) in [6, 6.07) is 8.99. The van der Waals surface area contributed by atoms with Crippen molar-refractivity contribution in [2.24, 2.45) is 0 Å². The first-order valence-corrected chi connectivity index (χ1v) is 10.9. The van der Waals surface area contributed by atoms with Crippen molar-refractivity contribution in [2.45, 2.75) is 20.8 Å². The fourth-order valence-corrected chi connectivity index (χ4v) is 4.34. The van der Waals surface area contributed by atoms with E-state index in [0.717, 1.165) is 33.4 Å². The van der Waals surface area contributed by atoms with Crippen molar-refractivity contribution >= 4 is 40.6 Å². The largest absolute Gasteiger partial charge is 0.493 e. The quantitative estimate of drug-likeness (QED) is 0.486. The van der Waals surface area contributed by atoms with Gasteiger partial charge in [0.15, 0.2) is 11.5 Å². The van der Waals surface area contributed by atoms with E-state index in [0.29, 0.717) is 22.7 Å². The molecule has 2 aromatic rings. The van der Waals surface area contributed by atoms with Crippen LogP contribution in [0, 0.1) is 33.1 Å². The molecule has 3 amide bonds. The van der Waals surface area contributed by atoms with Gasteiger partial charge in [-0.2, -0.15) is 0 Å². The number of terminal acetylenes is 1. The number of rotatable bonds is 7. The standard InChI is InChI=1S/C25H24N2O5S/c1-6-9-32-19-8-7-18(12-20(19)31-5)13-21-24(29)27(25(30)33-21)14-22(28)26-23-16(3)10-15(2)11-17(23)4/h1,7-8,10-13H,9,14H2,2-5H3,(H,26,28)/b21-13-. The summed E-state index contributed by atoms with van der Waals surface area (Å²) in [4.78, 5) is 39.0. The Morgan fingerprint density at radius 3 is 2.48 bits per heavy atom. The lowest BCUT2D eigenvalue weighted by molar-refractivity contribution is -0.127. The van der Waals surface area contributed by atoms with Gasteiger partial charge in [-0.25, -0.2) is 0 Å². The Hall–Kier alpha value is -3.70. The van der Waals surface area contributed by atoms with Gasteiger partial charge >= 0.3 is 0 Å². The SMILES string of the molecule is C#CCOc1ccc(/C=C2\SC(=O)N(CC(=O)Nc3c(C)cc(C)cc3C)C2=O)cc1OC. The number of hydrogen-bond donors (Lipinski definition) is 1. The Balaban J connectivity index is 1.74. The van der Waals surface area contributed by atoms with Gasteiger partial charge in [0.05, 0.1) is 12.0 Å². The third-order valence-electron chi connectivity index (χ3n) is 4.91. The summed E-state index contributed by atoms with van der Waals surface area (Å²) in [6.07, 6.45) is 6.79. The van der Waals surface area contributed by atoms with Crippen molar-refractivity contribution in [3.05, 3.63) is 57.5 Å². The Kier molecular flexibility index (Phi) is 7.46. The van der Waals surface area contributed by atoms with Crippen LogP contribution < -0.4 is 14.8 Å². The van der Waals surface area contributed by atoms with Gasteiger partial charge < -0.3 is 14.8 Å². The van der Waals surface area contributed by atoms with Crippen LogP contribution in [0.3, 0.4) is 0 Å². The zero-order valence-corrected chi connectivity index (χ0v) is 19.7. The summed E-state index contributed by atoms with van der Waals surface area (Å²) in [5, 5.41) is 2.32. The normalized spacial score (nSPS) is 14.4. The molecule has 0 bridgehead atoms. The van der Waals surface area contributed by atoms with Crippen molar-refractivity contribution in [3.63, 3.8) is 0 Å². The average Bonchev–Trinajstić information content (AvgIpc) is 3.02. The van der Waals surface area contributed by atoms with Crippen molar-refractivity contribution in [1.82, 2.24) is 4.90 Å². The molecule has 1 fully saturated rings. The molecular weight excluding hydrogens is 440 g/mol. The Morgan fingerprint density at radius 2 is 1.85 bits per heavy atom. The van der Waals surface area contributed by atoms with Crippen LogP contribution in [-0.2, 0) is 9.59 Å². The molecule has 0 saturated carbocycles. The van der Waals surface area contributed by atoms with E-state index in [-0.39, 0.29) is 18.1 Å². The number of methoxy groups -OCH3 is 1. The summed E-state index contributed by atoms with van der Waals surface area (Å²) >= 11 is 0.785. The van der Waals surface area contributed by atoms with Crippen LogP contribution in [0.15, 0.2) is 35.2 Å². The lowest BCUT2D eigenvalue weighted by atomic mass is 10.1. The highest BCUT2D eigenvalue weighted by atomic mass is 32.2. The van der Waals surface area contributed by atoms with E-state index < -0.39 is 17.1 Å². The molecule has 1 aliphatic heterocycles. The molecule has 2 aromatic carbocycles. The van der Waals surface area contributed by atoms with Crippen LogP contribution in [0.25, 0.3) is 6.08 Å². The van der Waals surface area contributed by atoms with Crippen molar-refractivity contribution in [1.29, 1.82) is 0 Å². The maximum absolute atomic E-state index is 12.8. The number of carbonyl (C=O) groups excluding carboxylic acids is 3. The van der Waals surface area contributed by atoms with Crippen LogP contribution in [-0.4, -0.2) is 42.2 Å². The fraction of sp³-hybridized carbons (Fsp3) is 0.240. The fourth-order valence-electron chi connectivity index (χ4n) is 3.50. The molecule has 1 saturated heterocycles. The Labute approximate surface area is 197 Å². The Morgan fingerprint density at radius 1 is 1.15 bits per heavy atom. The number of anilines is 1. The molecule has 1 heterocycles. The molecule has 0 atom stereocenters. The number of hydrogen-bond acceptors (Lipinski definition) is 6. The van der Waals surface area contributed by atoms with Crippen LogP contribution in [0.5, 0.6) is 11.5 Å². The van der Waals surface area contributed by atoms with Crippen LogP contribution in [0.4, 0.5) is 10.5 Å². The molecule has 170 valence electrons. The molecule has 1 N–H and O–H groups in total.